The molecule has 2 rings (SSSR count). The molecule has 0 saturated heterocycles. The van der Waals surface area contributed by atoms with Gasteiger partial charge in [0.1, 0.15) is 18.2 Å². The summed E-state index contributed by atoms with van der Waals surface area (Å²) in [7, 11) is 0. The highest BCUT2D eigenvalue weighted by Crippen LogP contribution is 2.35. The van der Waals surface area contributed by atoms with Gasteiger partial charge in [-0.15, -0.1) is 11.8 Å². The maximum atomic E-state index is 13.4. The molecule has 0 heterocycles. The molecule has 0 aromatic heterocycles. The van der Waals surface area contributed by atoms with Crippen molar-refractivity contribution in [2.75, 3.05) is 12.4 Å². The average Bonchev–Trinajstić information content (AvgIpc) is 2.66. The van der Waals surface area contributed by atoms with E-state index in [2.05, 4.69) is 5.16 Å². The molecule has 1 aliphatic rings. The number of hydrogen-bond donors (Lipinski definition) is 1. The molecule has 0 radical (unpaired) electrons. The van der Waals surface area contributed by atoms with Gasteiger partial charge in [-0.1, -0.05) is 18.5 Å². The number of ketones is 1. The number of hydrogen-bond acceptors (Lipinski definition) is 5. The van der Waals surface area contributed by atoms with Crippen LogP contribution in [0.5, 0.6) is 0 Å². The van der Waals surface area contributed by atoms with Crippen LogP contribution in [0.15, 0.2) is 39.6 Å². The zero-order valence-electron chi connectivity index (χ0n) is 16.9. The van der Waals surface area contributed by atoms with Crippen molar-refractivity contribution >= 4 is 23.3 Å². The van der Waals surface area contributed by atoms with Crippen LogP contribution in [0.4, 0.5) is 17.6 Å². The van der Waals surface area contributed by atoms with E-state index >= 15 is 0 Å². The van der Waals surface area contributed by atoms with Crippen LogP contribution in [0.25, 0.3) is 0 Å². The van der Waals surface area contributed by atoms with Crippen LogP contribution >= 0.6 is 11.8 Å². The molecule has 1 aromatic carbocycles. The second kappa shape index (κ2) is 10.8. The van der Waals surface area contributed by atoms with Gasteiger partial charge < -0.3 is 9.94 Å². The summed E-state index contributed by atoms with van der Waals surface area (Å²) in [6.07, 6.45) is -2.44. The quantitative estimate of drug-likeness (QED) is 0.209. The monoisotopic (exact) mass is 447 g/mol. The van der Waals surface area contributed by atoms with Crippen molar-refractivity contribution < 1.29 is 32.3 Å². The number of halogens is 4. The first-order chi connectivity index (χ1) is 14.2. The first-order valence-electron chi connectivity index (χ1n) is 9.81. The lowest BCUT2D eigenvalue weighted by Crippen LogP contribution is -2.25. The van der Waals surface area contributed by atoms with Gasteiger partial charge in [0.25, 0.3) is 0 Å². The topological polar surface area (TPSA) is 58.9 Å². The smallest absolute Gasteiger partial charge is 0.419 e. The van der Waals surface area contributed by atoms with Gasteiger partial charge in [-0.3, -0.25) is 4.79 Å². The Balaban J connectivity index is 2.01. The molecule has 1 unspecified atom stereocenters. The normalized spacial score (nSPS) is 18.1. The van der Waals surface area contributed by atoms with Gasteiger partial charge in [0.2, 0.25) is 0 Å². The third-order valence-corrected chi connectivity index (χ3v) is 5.67. The molecule has 0 spiro atoms. The van der Waals surface area contributed by atoms with E-state index < -0.39 is 17.6 Å². The molecule has 1 aliphatic carbocycles. The molecule has 0 saturated carbocycles. The van der Waals surface area contributed by atoms with Gasteiger partial charge in [-0.05, 0) is 49.6 Å². The zero-order chi connectivity index (χ0) is 22.3. The van der Waals surface area contributed by atoms with Gasteiger partial charge in [0.05, 0.1) is 16.8 Å². The van der Waals surface area contributed by atoms with Gasteiger partial charge in [-0.2, -0.15) is 13.2 Å². The number of Topliss-reactive ketones (excluding diaryl/α,β-unsaturated/α-hetero) is 1. The molecule has 4 nitrogen and oxygen atoms in total. The predicted octanol–water partition coefficient (Wildman–Crippen LogP) is 6.31. The number of carbonyl (C=O) groups excluding carboxylic acids is 1. The largest absolute Gasteiger partial charge is 0.511 e. The Bertz CT molecular complexity index is 821. The van der Waals surface area contributed by atoms with Crippen molar-refractivity contribution in [3.63, 3.8) is 0 Å². The number of carbonyl (C=O) groups is 1. The molecule has 1 aromatic rings. The summed E-state index contributed by atoms with van der Waals surface area (Å²) in [4.78, 5) is 18.0. The van der Waals surface area contributed by atoms with E-state index in [0.29, 0.717) is 42.2 Å². The minimum Gasteiger partial charge on any atom is -0.511 e. The third-order valence-electron chi connectivity index (χ3n) is 4.64. The van der Waals surface area contributed by atoms with Crippen LogP contribution in [0.3, 0.4) is 0 Å². The van der Waals surface area contributed by atoms with Crippen molar-refractivity contribution in [1.29, 1.82) is 0 Å². The van der Waals surface area contributed by atoms with E-state index in [1.165, 1.54) is 6.07 Å². The van der Waals surface area contributed by atoms with E-state index in [0.717, 1.165) is 30.3 Å². The molecule has 0 bridgehead atoms. The Morgan fingerprint density at radius 3 is 2.63 bits per heavy atom. The van der Waals surface area contributed by atoms with Crippen LogP contribution in [0.2, 0.25) is 0 Å². The molecular weight excluding hydrogens is 422 g/mol. The minimum absolute atomic E-state index is 0.0192. The SMILES string of the molecule is CCC/C(=N/OCC)C1=C(O)CC(CCSc2ccc(F)c(C(F)(F)F)c2)CC1=O. The van der Waals surface area contributed by atoms with Crippen molar-refractivity contribution in [1.82, 2.24) is 0 Å². The van der Waals surface area contributed by atoms with Crippen LogP contribution in [0, 0.1) is 11.7 Å². The predicted molar refractivity (Wildman–Crippen MR) is 108 cm³/mol. The van der Waals surface area contributed by atoms with Crippen LogP contribution in [-0.2, 0) is 15.8 Å². The Morgan fingerprint density at radius 2 is 2.03 bits per heavy atom. The van der Waals surface area contributed by atoms with Crippen molar-refractivity contribution in [2.45, 2.75) is 57.0 Å². The minimum atomic E-state index is -4.75. The van der Waals surface area contributed by atoms with E-state index in [4.69, 9.17) is 4.84 Å². The van der Waals surface area contributed by atoms with Crippen LogP contribution in [0.1, 0.15) is 51.5 Å². The number of allylic oxidation sites excluding steroid dienone is 2. The summed E-state index contributed by atoms with van der Waals surface area (Å²) in [5, 5.41) is 14.4. The fourth-order valence-corrected chi connectivity index (χ4v) is 4.31. The number of aliphatic hydroxyl groups is 1. The molecule has 0 amide bonds. The number of benzene rings is 1. The summed E-state index contributed by atoms with van der Waals surface area (Å²) >= 11 is 1.16. The van der Waals surface area contributed by atoms with Crippen molar-refractivity contribution in [2.24, 2.45) is 11.1 Å². The molecule has 1 atom stereocenters. The molecule has 30 heavy (non-hydrogen) atoms. The maximum absolute atomic E-state index is 13.4. The summed E-state index contributed by atoms with van der Waals surface area (Å²) in [6.45, 7) is 4.07. The van der Waals surface area contributed by atoms with Gasteiger partial charge >= 0.3 is 6.18 Å². The lowest BCUT2D eigenvalue weighted by molar-refractivity contribution is -0.140. The molecule has 166 valence electrons. The summed E-state index contributed by atoms with van der Waals surface area (Å²) in [5.74, 6) is -1.20. The highest BCUT2D eigenvalue weighted by Gasteiger charge is 2.34. The standard InChI is InChI=1S/C21H25F4NO3S/c1-3-5-17(26-29-4-2)20-18(27)10-13(11-19(20)28)8-9-30-14-6-7-16(22)15(12-14)21(23,24)25/h6-7,12-13,27H,3-5,8-11H2,1-2H3/b26-17-. The summed E-state index contributed by atoms with van der Waals surface area (Å²) in [5.41, 5.74) is -0.620. The molecule has 0 fully saturated rings. The Labute approximate surface area is 177 Å². The Kier molecular flexibility index (Phi) is 8.76. The van der Waals surface area contributed by atoms with Crippen LogP contribution < -0.4 is 0 Å². The van der Waals surface area contributed by atoms with E-state index in [1.807, 2.05) is 6.92 Å². The maximum Gasteiger partial charge on any atom is 0.419 e. The first-order valence-corrected chi connectivity index (χ1v) is 10.8. The van der Waals surface area contributed by atoms with Gasteiger partial charge in [0, 0.05) is 17.7 Å². The number of oxime groups is 1. The molecular formula is C21H25F4NO3S. The average molecular weight is 447 g/mol. The summed E-state index contributed by atoms with van der Waals surface area (Å²) in [6, 6.07) is 2.91. The highest BCUT2D eigenvalue weighted by atomic mass is 32.2. The Morgan fingerprint density at radius 1 is 1.30 bits per heavy atom. The first kappa shape index (κ1) is 24.2. The Hall–Kier alpha value is -2.03. The van der Waals surface area contributed by atoms with E-state index in [9.17, 15) is 27.5 Å². The van der Waals surface area contributed by atoms with Crippen molar-refractivity contribution in [3.8, 4) is 0 Å². The number of alkyl halides is 3. The van der Waals surface area contributed by atoms with Gasteiger partial charge in [0.15, 0.2) is 5.78 Å². The second-order valence-electron chi connectivity index (χ2n) is 7.00. The van der Waals surface area contributed by atoms with E-state index in [-0.39, 0.29) is 29.5 Å². The second-order valence-corrected chi connectivity index (χ2v) is 8.17. The summed E-state index contributed by atoms with van der Waals surface area (Å²) < 4.78 is 51.9. The number of aliphatic hydroxyl groups excluding tert-OH is 1. The molecule has 0 aliphatic heterocycles. The zero-order valence-corrected chi connectivity index (χ0v) is 17.7. The van der Waals surface area contributed by atoms with E-state index in [1.54, 1.807) is 6.92 Å². The molecule has 9 heteroatoms. The lowest BCUT2D eigenvalue weighted by Gasteiger charge is -2.24. The fourth-order valence-electron chi connectivity index (χ4n) is 3.25. The lowest BCUT2D eigenvalue weighted by atomic mass is 9.83. The van der Waals surface area contributed by atoms with Gasteiger partial charge in [-0.25, -0.2) is 4.39 Å². The number of rotatable bonds is 9. The van der Waals surface area contributed by atoms with Crippen molar-refractivity contribution in [3.05, 3.63) is 40.9 Å². The number of nitrogens with zero attached hydrogens (tertiary/aromatic N) is 1. The molecule has 1 N–H and O–H groups in total. The third kappa shape index (κ3) is 6.48. The fraction of sp³-hybridized carbons (Fsp3) is 0.524. The highest BCUT2D eigenvalue weighted by molar-refractivity contribution is 7.99. The number of thioether (sulfide) groups is 1. The van der Waals surface area contributed by atoms with Crippen LogP contribution in [-0.4, -0.2) is 29.0 Å².